The molecule has 1 fully saturated rings. The zero-order valence-electron chi connectivity index (χ0n) is 10.8. The third-order valence-corrected chi connectivity index (χ3v) is 4.86. The third kappa shape index (κ3) is 3.20. The van der Waals surface area contributed by atoms with E-state index in [4.69, 9.17) is 28.9 Å². The lowest BCUT2D eigenvalue weighted by Crippen LogP contribution is -2.31. The molecule has 0 aromatic heterocycles. The molecule has 1 saturated carbocycles. The van der Waals surface area contributed by atoms with Crippen LogP contribution in [0.2, 0.25) is 10.0 Å². The predicted octanol–water partition coefficient (Wildman–Crippen LogP) is 5.00. The van der Waals surface area contributed by atoms with E-state index in [1.54, 1.807) is 0 Å². The highest BCUT2D eigenvalue weighted by atomic mass is 35.5. The maximum atomic E-state index is 6.17. The second-order valence-electron chi connectivity index (χ2n) is 5.44. The van der Waals surface area contributed by atoms with Crippen LogP contribution < -0.4 is 5.73 Å². The summed E-state index contributed by atoms with van der Waals surface area (Å²) in [7, 11) is 0. The molecule has 1 aliphatic carbocycles. The Morgan fingerprint density at radius 1 is 1.11 bits per heavy atom. The molecule has 1 nitrogen and oxygen atoms in total. The quantitative estimate of drug-likeness (QED) is 0.760. The average Bonchev–Trinajstić information content (AvgIpc) is 2.58. The molecule has 2 N–H and O–H groups in total. The number of nitrogens with two attached hydrogens (primary N) is 1. The Hall–Kier alpha value is -0.240. The molecule has 1 aliphatic rings. The summed E-state index contributed by atoms with van der Waals surface area (Å²) >= 11 is 12.1. The van der Waals surface area contributed by atoms with Crippen molar-refractivity contribution in [2.45, 2.75) is 51.0 Å². The van der Waals surface area contributed by atoms with Crippen molar-refractivity contribution in [3.05, 3.63) is 33.8 Å². The predicted molar refractivity (Wildman–Crippen MR) is 79.4 cm³/mol. The van der Waals surface area contributed by atoms with Crippen LogP contribution in [0.25, 0.3) is 0 Å². The summed E-state index contributed by atoms with van der Waals surface area (Å²) < 4.78 is 0. The Bertz CT molecular complexity index is 403. The highest BCUT2D eigenvalue weighted by Gasteiger charge is 2.28. The first-order valence-electron chi connectivity index (χ1n) is 6.80. The number of hydrogen-bond acceptors (Lipinski definition) is 1. The van der Waals surface area contributed by atoms with Crippen molar-refractivity contribution in [2.75, 3.05) is 0 Å². The van der Waals surface area contributed by atoms with Gasteiger partial charge in [0.1, 0.15) is 0 Å². The van der Waals surface area contributed by atoms with Crippen molar-refractivity contribution in [3.8, 4) is 0 Å². The minimum atomic E-state index is 0.238. The number of hydrogen-bond donors (Lipinski definition) is 1. The molecule has 3 unspecified atom stereocenters. The van der Waals surface area contributed by atoms with Gasteiger partial charge in [0.2, 0.25) is 0 Å². The van der Waals surface area contributed by atoms with Crippen LogP contribution in [0.5, 0.6) is 0 Å². The zero-order valence-corrected chi connectivity index (χ0v) is 12.3. The van der Waals surface area contributed by atoms with Crippen molar-refractivity contribution < 1.29 is 0 Å². The van der Waals surface area contributed by atoms with Crippen molar-refractivity contribution in [1.29, 1.82) is 0 Å². The minimum absolute atomic E-state index is 0.238. The smallest absolute Gasteiger partial charge is 0.0595 e. The van der Waals surface area contributed by atoms with Gasteiger partial charge in [-0.1, -0.05) is 48.5 Å². The van der Waals surface area contributed by atoms with Crippen LogP contribution in [-0.2, 0) is 0 Å². The average molecular weight is 286 g/mol. The molecule has 0 heterocycles. The van der Waals surface area contributed by atoms with Crippen LogP contribution in [0.1, 0.15) is 50.5 Å². The molecule has 1 aromatic rings. The molecule has 1 aromatic carbocycles. The zero-order chi connectivity index (χ0) is 13.1. The van der Waals surface area contributed by atoms with Crippen LogP contribution in [-0.4, -0.2) is 6.04 Å². The van der Waals surface area contributed by atoms with Gasteiger partial charge in [-0.05, 0) is 49.3 Å². The van der Waals surface area contributed by atoms with Gasteiger partial charge >= 0.3 is 0 Å². The molecule has 3 heteroatoms. The van der Waals surface area contributed by atoms with Gasteiger partial charge in [0.15, 0.2) is 0 Å². The normalized spacial score (nSPS) is 26.7. The molecule has 3 atom stereocenters. The van der Waals surface area contributed by atoms with Crippen LogP contribution >= 0.6 is 23.2 Å². The lowest BCUT2D eigenvalue weighted by Gasteiger charge is -2.29. The molecule has 0 saturated heterocycles. The highest BCUT2D eigenvalue weighted by Crippen LogP contribution is 2.39. The Balaban J connectivity index is 2.28. The van der Waals surface area contributed by atoms with Crippen LogP contribution in [0.15, 0.2) is 18.2 Å². The summed E-state index contributed by atoms with van der Waals surface area (Å²) in [5.74, 6) is 1.09. The molecular formula is C15H21Cl2N. The fourth-order valence-electron chi connectivity index (χ4n) is 3.12. The summed E-state index contributed by atoms with van der Waals surface area (Å²) in [6.45, 7) is 2.13. The summed E-state index contributed by atoms with van der Waals surface area (Å²) in [6.07, 6.45) is 6.34. The standard InChI is InChI=1S/C15H21Cl2N/c1-10(18)12-5-3-2-4-6-13(12)11-7-8-14(16)15(17)9-11/h7-10,12-13H,2-6,18H2,1H3. The maximum Gasteiger partial charge on any atom is 0.0595 e. The van der Waals surface area contributed by atoms with E-state index in [0.717, 1.165) is 0 Å². The molecule has 0 spiro atoms. The molecule has 0 radical (unpaired) electrons. The van der Waals surface area contributed by atoms with E-state index in [1.165, 1.54) is 37.7 Å². The van der Waals surface area contributed by atoms with E-state index in [2.05, 4.69) is 13.0 Å². The fraction of sp³-hybridized carbons (Fsp3) is 0.600. The SMILES string of the molecule is CC(N)C1CCCCCC1c1ccc(Cl)c(Cl)c1. The van der Waals surface area contributed by atoms with Gasteiger partial charge in [0.05, 0.1) is 10.0 Å². The van der Waals surface area contributed by atoms with Gasteiger partial charge in [-0.3, -0.25) is 0 Å². The van der Waals surface area contributed by atoms with Gasteiger partial charge in [-0.25, -0.2) is 0 Å². The van der Waals surface area contributed by atoms with Crippen molar-refractivity contribution in [1.82, 2.24) is 0 Å². The van der Waals surface area contributed by atoms with E-state index in [1.807, 2.05) is 12.1 Å². The fourth-order valence-corrected chi connectivity index (χ4v) is 3.43. The third-order valence-electron chi connectivity index (χ3n) is 4.12. The van der Waals surface area contributed by atoms with Crippen LogP contribution in [0.3, 0.4) is 0 Å². The van der Waals surface area contributed by atoms with Crippen molar-refractivity contribution in [2.24, 2.45) is 11.7 Å². The molecular weight excluding hydrogens is 265 g/mol. The first kappa shape index (κ1) is 14.2. The molecule has 0 bridgehead atoms. The molecule has 0 amide bonds. The van der Waals surface area contributed by atoms with Gasteiger partial charge < -0.3 is 5.73 Å². The van der Waals surface area contributed by atoms with Gasteiger partial charge in [0, 0.05) is 6.04 Å². The van der Waals surface area contributed by atoms with E-state index < -0.39 is 0 Å². The molecule has 18 heavy (non-hydrogen) atoms. The Morgan fingerprint density at radius 2 is 1.83 bits per heavy atom. The highest BCUT2D eigenvalue weighted by molar-refractivity contribution is 6.42. The summed E-state index contributed by atoms with van der Waals surface area (Å²) in [5.41, 5.74) is 7.47. The van der Waals surface area contributed by atoms with E-state index >= 15 is 0 Å². The second kappa shape index (κ2) is 6.27. The maximum absolute atomic E-state index is 6.17. The number of halogens is 2. The first-order chi connectivity index (χ1) is 8.59. The molecule has 100 valence electrons. The second-order valence-corrected chi connectivity index (χ2v) is 6.26. The molecule has 2 rings (SSSR count). The topological polar surface area (TPSA) is 26.0 Å². The van der Waals surface area contributed by atoms with E-state index in [9.17, 15) is 0 Å². The minimum Gasteiger partial charge on any atom is -0.328 e. The number of rotatable bonds is 2. The number of benzene rings is 1. The lowest BCUT2D eigenvalue weighted by atomic mass is 9.79. The van der Waals surface area contributed by atoms with E-state index in [-0.39, 0.29) is 6.04 Å². The van der Waals surface area contributed by atoms with Crippen LogP contribution in [0, 0.1) is 5.92 Å². The van der Waals surface area contributed by atoms with Crippen molar-refractivity contribution >= 4 is 23.2 Å². The summed E-state index contributed by atoms with van der Waals surface area (Å²) in [6, 6.07) is 6.28. The largest absolute Gasteiger partial charge is 0.328 e. The molecule has 0 aliphatic heterocycles. The monoisotopic (exact) mass is 285 g/mol. The summed E-state index contributed by atoms with van der Waals surface area (Å²) in [5, 5.41) is 1.29. The Kier molecular flexibility index (Phi) is 4.94. The van der Waals surface area contributed by atoms with Gasteiger partial charge in [-0.15, -0.1) is 0 Å². The first-order valence-corrected chi connectivity index (χ1v) is 7.55. The van der Waals surface area contributed by atoms with Crippen LogP contribution in [0.4, 0.5) is 0 Å². The van der Waals surface area contributed by atoms with Crippen molar-refractivity contribution in [3.63, 3.8) is 0 Å². The lowest BCUT2D eigenvalue weighted by molar-refractivity contribution is 0.345. The Labute approximate surface area is 120 Å². The van der Waals surface area contributed by atoms with Gasteiger partial charge in [0.25, 0.3) is 0 Å². The van der Waals surface area contributed by atoms with E-state index in [0.29, 0.717) is 21.9 Å². The summed E-state index contributed by atoms with van der Waals surface area (Å²) in [4.78, 5) is 0. The Morgan fingerprint density at radius 3 is 2.50 bits per heavy atom. The van der Waals surface area contributed by atoms with Gasteiger partial charge in [-0.2, -0.15) is 0 Å².